The van der Waals surface area contributed by atoms with E-state index in [4.69, 9.17) is 32.7 Å². The molecule has 3 aromatic rings. The van der Waals surface area contributed by atoms with Crippen LogP contribution in [0.4, 0.5) is 0 Å². The Morgan fingerprint density at radius 1 is 0.966 bits per heavy atom. The van der Waals surface area contributed by atoms with Crippen molar-refractivity contribution in [1.82, 2.24) is 0 Å². The van der Waals surface area contributed by atoms with Gasteiger partial charge in [-0.2, -0.15) is 0 Å². The van der Waals surface area contributed by atoms with Crippen LogP contribution in [0.1, 0.15) is 32.6 Å². The van der Waals surface area contributed by atoms with E-state index in [0.29, 0.717) is 38.4 Å². The topological polar surface area (TPSA) is 35.5 Å². The fourth-order valence-electron chi connectivity index (χ4n) is 3.16. The minimum Gasteiger partial charge on any atom is -0.488 e. The molecule has 0 saturated carbocycles. The summed E-state index contributed by atoms with van der Waals surface area (Å²) in [5.41, 5.74) is 4.07. The zero-order valence-corrected chi connectivity index (χ0v) is 17.5. The van der Waals surface area contributed by atoms with Gasteiger partial charge >= 0.3 is 0 Å². The first kappa shape index (κ1) is 19.6. The Bertz CT molecular complexity index is 1110. The molecule has 3 aromatic carbocycles. The summed E-state index contributed by atoms with van der Waals surface area (Å²) in [4.78, 5) is 12.7. The maximum Gasteiger partial charge on any atom is 0.231 e. The Morgan fingerprint density at radius 3 is 2.34 bits per heavy atom. The van der Waals surface area contributed by atoms with Crippen LogP contribution in [-0.2, 0) is 6.61 Å². The molecule has 1 aliphatic rings. The van der Waals surface area contributed by atoms with Crippen molar-refractivity contribution in [1.29, 1.82) is 0 Å². The number of hydrogen-bond donors (Lipinski definition) is 0. The summed E-state index contributed by atoms with van der Waals surface area (Å²) in [7, 11) is 0. The van der Waals surface area contributed by atoms with Gasteiger partial charge in [-0.25, -0.2) is 0 Å². The van der Waals surface area contributed by atoms with E-state index in [1.165, 1.54) is 0 Å². The van der Waals surface area contributed by atoms with Crippen LogP contribution in [-0.4, -0.2) is 5.78 Å². The van der Waals surface area contributed by atoms with Crippen LogP contribution in [0.2, 0.25) is 10.0 Å². The van der Waals surface area contributed by atoms with Crippen molar-refractivity contribution in [2.24, 2.45) is 0 Å². The molecule has 1 aliphatic heterocycles. The molecule has 0 saturated heterocycles. The molecule has 0 N–H and O–H groups in total. The first-order chi connectivity index (χ1) is 13.9. The number of aryl methyl sites for hydroxylation is 1. The predicted molar refractivity (Wildman–Crippen MR) is 116 cm³/mol. The van der Waals surface area contributed by atoms with E-state index in [9.17, 15) is 4.79 Å². The number of carbonyl (C=O) groups excluding carboxylic acids is 1. The summed E-state index contributed by atoms with van der Waals surface area (Å²) >= 11 is 12.4. The third kappa shape index (κ3) is 3.89. The standard InChI is InChI=1S/C24H18Cl2O3/c1-14-6-8-16(9-7-14)12-22-23(27)17-10-11-21(15(2)24(17)29-22)28-13-18-19(25)4-3-5-20(18)26/h3-12H,13H2,1-2H3/b22-12-. The fraction of sp³-hybridized carbons (Fsp3) is 0.125. The Morgan fingerprint density at radius 2 is 1.66 bits per heavy atom. The second kappa shape index (κ2) is 7.94. The van der Waals surface area contributed by atoms with Gasteiger partial charge in [0.25, 0.3) is 0 Å². The molecule has 1 heterocycles. The molecule has 5 heteroatoms. The van der Waals surface area contributed by atoms with E-state index in [2.05, 4.69) is 0 Å². The first-order valence-corrected chi connectivity index (χ1v) is 9.90. The molecular formula is C24H18Cl2O3. The Hall–Kier alpha value is -2.75. The van der Waals surface area contributed by atoms with E-state index in [1.807, 2.05) is 38.1 Å². The summed E-state index contributed by atoms with van der Waals surface area (Å²) in [6.07, 6.45) is 1.76. The molecule has 0 amide bonds. The zero-order valence-electron chi connectivity index (χ0n) is 16.0. The van der Waals surface area contributed by atoms with Crippen LogP contribution in [0.15, 0.2) is 60.4 Å². The Kier molecular flexibility index (Phi) is 5.35. The highest BCUT2D eigenvalue weighted by Crippen LogP contribution is 2.39. The van der Waals surface area contributed by atoms with E-state index in [-0.39, 0.29) is 12.4 Å². The second-order valence-electron chi connectivity index (χ2n) is 6.90. The molecule has 0 spiro atoms. The molecule has 0 atom stereocenters. The minimum atomic E-state index is -0.135. The van der Waals surface area contributed by atoms with Gasteiger partial charge < -0.3 is 9.47 Å². The van der Waals surface area contributed by atoms with Crippen LogP contribution in [0.5, 0.6) is 11.5 Å². The maximum absolute atomic E-state index is 12.7. The maximum atomic E-state index is 12.7. The van der Waals surface area contributed by atoms with Gasteiger partial charge in [0, 0.05) is 21.2 Å². The number of hydrogen-bond acceptors (Lipinski definition) is 3. The van der Waals surface area contributed by atoms with Gasteiger partial charge in [0.1, 0.15) is 18.1 Å². The van der Waals surface area contributed by atoms with Crippen molar-refractivity contribution in [3.05, 3.63) is 98.2 Å². The lowest BCUT2D eigenvalue weighted by molar-refractivity contribution is 0.101. The van der Waals surface area contributed by atoms with Crippen molar-refractivity contribution in [2.45, 2.75) is 20.5 Å². The monoisotopic (exact) mass is 424 g/mol. The highest BCUT2D eigenvalue weighted by atomic mass is 35.5. The van der Waals surface area contributed by atoms with Gasteiger partial charge in [-0.05, 0) is 49.8 Å². The molecule has 29 heavy (non-hydrogen) atoms. The van der Waals surface area contributed by atoms with E-state index in [1.54, 1.807) is 36.4 Å². The lowest BCUT2D eigenvalue weighted by Crippen LogP contribution is -2.00. The molecule has 0 fully saturated rings. The van der Waals surface area contributed by atoms with Crippen molar-refractivity contribution < 1.29 is 14.3 Å². The van der Waals surface area contributed by atoms with Gasteiger partial charge in [0.15, 0.2) is 5.76 Å². The van der Waals surface area contributed by atoms with Gasteiger partial charge in [-0.3, -0.25) is 4.79 Å². The molecule has 3 nitrogen and oxygen atoms in total. The SMILES string of the molecule is Cc1ccc(/C=C2\Oc3c(ccc(OCc4c(Cl)cccc4Cl)c3C)C2=O)cc1. The third-order valence-electron chi connectivity index (χ3n) is 4.85. The number of rotatable bonds is 4. The quantitative estimate of drug-likeness (QED) is 0.431. The van der Waals surface area contributed by atoms with E-state index >= 15 is 0 Å². The van der Waals surface area contributed by atoms with Crippen LogP contribution in [0.3, 0.4) is 0 Å². The van der Waals surface area contributed by atoms with E-state index in [0.717, 1.165) is 16.7 Å². The average molecular weight is 425 g/mol. The molecule has 0 radical (unpaired) electrons. The van der Waals surface area contributed by atoms with Crippen molar-refractivity contribution >= 4 is 35.1 Å². The summed E-state index contributed by atoms with van der Waals surface area (Å²) in [6.45, 7) is 4.10. The van der Waals surface area contributed by atoms with E-state index < -0.39 is 0 Å². The summed E-state index contributed by atoms with van der Waals surface area (Å²) < 4.78 is 11.8. The number of fused-ring (bicyclic) bond motifs is 1. The largest absolute Gasteiger partial charge is 0.488 e. The number of Topliss-reactive ketones (excluding diaryl/α,β-unsaturated/α-hetero) is 1. The number of allylic oxidation sites excluding steroid dienone is 1. The molecule has 146 valence electrons. The van der Waals surface area contributed by atoms with Crippen molar-refractivity contribution in [3.8, 4) is 11.5 Å². The number of halogens is 2. The number of benzene rings is 3. The molecule has 0 unspecified atom stereocenters. The lowest BCUT2D eigenvalue weighted by Gasteiger charge is -2.13. The normalized spacial score (nSPS) is 14.1. The molecular weight excluding hydrogens is 407 g/mol. The van der Waals surface area contributed by atoms with Crippen LogP contribution in [0, 0.1) is 13.8 Å². The van der Waals surface area contributed by atoms with Gasteiger partial charge in [0.2, 0.25) is 5.78 Å². The summed E-state index contributed by atoms with van der Waals surface area (Å²) in [5.74, 6) is 1.31. The number of ether oxygens (including phenoxy) is 2. The molecule has 4 rings (SSSR count). The lowest BCUT2D eigenvalue weighted by atomic mass is 10.1. The molecule has 0 aliphatic carbocycles. The van der Waals surface area contributed by atoms with Crippen molar-refractivity contribution in [2.75, 3.05) is 0 Å². The Labute approximate surface area is 179 Å². The predicted octanol–water partition coefficient (Wildman–Crippen LogP) is 6.81. The number of ketones is 1. The summed E-state index contributed by atoms with van der Waals surface area (Å²) in [5, 5.41) is 1.09. The summed E-state index contributed by atoms with van der Waals surface area (Å²) in [6, 6.07) is 16.7. The minimum absolute atomic E-state index is 0.135. The number of carbonyl (C=O) groups is 1. The smallest absolute Gasteiger partial charge is 0.231 e. The third-order valence-corrected chi connectivity index (χ3v) is 5.55. The van der Waals surface area contributed by atoms with Gasteiger partial charge in [0.05, 0.1) is 5.56 Å². The Balaban J connectivity index is 1.59. The van der Waals surface area contributed by atoms with Crippen molar-refractivity contribution in [3.63, 3.8) is 0 Å². The first-order valence-electron chi connectivity index (χ1n) is 9.14. The molecule has 0 aromatic heterocycles. The van der Waals surface area contributed by atoms with Crippen LogP contribution >= 0.6 is 23.2 Å². The second-order valence-corrected chi connectivity index (χ2v) is 7.72. The fourth-order valence-corrected chi connectivity index (χ4v) is 3.67. The highest BCUT2D eigenvalue weighted by Gasteiger charge is 2.30. The van der Waals surface area contributed by atoms with Gasteiger partial charge in [-0.1, -0.05) is 59.1 Å². The van der Waals surface area contributed by atoms with Crippen LogP contribution < -0.4 is 9.47 Å². The average Bonchev–Trinajstić information content (AvgIpc) is 3.01. The highest BCUT2D eigenvalue weighted by molar-refractivity contribution is 6.35. The van der Waals surface area contributed by atoms with Crippen LogP contribution in [0.25, 0.3) is 6.08 Å². The zero-order chi connectivity index (χ0) is 20.5. The molecule has 0 bridgehead atoms. The van der Waals surface area contributed by atoms with Gasteiger partial charge in [-0.15, -0.1) is 0 Å².